The molecule has 2 amide bonds. The minimum Gasteiger partial charge on any atom is -0.357 e. The Morgan fingerprint density at radius 2 is 1.97 bits per heavy atom. The van der Waals surface area contributed by atoms with Gasteiger partial charge in [0.1, 0.15) is 23.4 Å². The first-order chi connectivity index (χ1) is 14.1. The van der Waals surface area contributed by atoms with E-state index in [1.54, 1.807) is 12.1 Å². The van der Waals surface area contributed by atoms with Crippen molar-refractivity contribution in [3.05, 3.63) is 40.4 Å². The molecule has 1 aromatic heterocycles. The van der Waals surface area contributed by atoms with E-state index in [-0.39, 0.29) is 11.6 Å². The lowest BCUT2D eigenvalue weighted by Crippen LogP contribution is -2.53. The van der Waals surface area contributed by atoms with Crippen LogP contribution in [0.25, 0.3) is 11.4 Å². The fraction of sp³-hybridized carbons (Fsp3) is 0.500. The van der Waals surface area contributed by atoms with Crippen LogP contribution in [0, 0.1) is 11.2 Å². The molecule has 0 spiro atoms. The van der Waals surface area contributed by atoms with Crippen LogP contribution in [0.4, 0.5) is 4.39 Å². The fourth-order valence-electron chi connectivity index (χ4n) is 3.80. The fourth-order valence-corrected chi connectivity index (χ4v) is 3.96. The number of fused-ring (bicyclic) bond motifs is 1. The third kappa shape index (κ3) is 4.51. The quantitative estimate of drug-likeness (QED) is 0.764. The predicted molar refractivity (Wildman–Crippen MR) is 115 cm³/mol. The molecule has 6 nitrogen and oxygen atoms in total. The number of imidazole rings is 1. The van der Waals surface area contributed by atoms with Crippen molar-refractivity contribution in [3.8, 4) is 11.4 Å². The summed E-state index contributed by atoms with van der Waals surface area (Å²) < 4.78 is 16.6. The Labute approximate surface area is 181 Å². The average molecular weight is 435 g/mol. The SMILES string of the molecule is CNC(=O)[C@@H](NC(=O)c1nc(-c2ccc(Cl)cc2F)n2c1CCCCC2)C(C)(C)C. The number of nitrogens with zero attached hydrogens (tertiary/aromatic N) is 2. The summed E-state index contributed by atoms with van der Waals surface area (Å²) in [5.74, 6) is -0.766. The van der Waals surface area contributed by atoms with Crippen molar-refractivity contribution in [1.82, 2.24) is 20.2 Å². The number of carbonyl (C=O) groups excluding carboxylic acids is 2. The van der Waals surface area contributed by atoms with Gasteiger partial charge >= 0.3 is 0 Å². The van der Waals surface area contributed by atoms with Crippen molar-refractivity contribution in [2.45, 2.75) is 59.0 Å². The van der Waals surface area contributed by atoms with E-state index in [0.717, 1.165) is 25.0 Å². The Hall–Kier alpha value is -2.41. The van der Waals surface area contributed by atoms with Gasteiger partial charge in [-0.05, 0) is 42.9 Å². The molecule has 0 bridgehead atoms. The number of rotatable bonds is 4. The van der Waals surface area contributed by atoms with Gasteiger partial charge in [-0.15, -0.1) is 0 Å². The highest BCUT2D eigenvalue weighted by Crippen LogP contribution is 2.30. The lowest BCUT2D eigenvalue weighted by atomic mass is 9.86. The van der Waals surface area contributed by atoms with Crippen molar-refractivity contribution in [2.75, 3.05) is 7.05 Å². The molecule has 8 heteroatoms. The van der Waals surface area contributed by atoms with Crippen LogP contribution in [-0.2, 0) is 17.8 Å². The third-order valence-electron chi connectivity index (χ3n) is 5.40. The number of amides is 2. The van der Waals surface area contributed by atoms with E-state index in [0.29, 0.717) is 29.4 Å². The normalized spacial score (nSPS) is 15.1. The van der Waals surface area contributed by atoms with E-state index < -0.39 is 23.2 Å². The van der Waals surface area contributed by atoms with E-state index in [2.05, 4.69) is 15.6 Å². The molecule has 0 unspecified atom stereocenters. The van der Waals surface area contributed by atoms with Crippen molar-refractivity contribution >= 4 is 23.4 Å². The molecule has 1 aromatic carbocycles. The molecular formula is C22H28ClFN4O2. The Bertz CT molecular complexity index is 965. The highest BCUT2D eigenvalue weighted by Gasteiger charge is 2.34. The molecular weight excluding hydrogens is 407 g/mol. The van der Waals surface area contributed by atoms with E-state index in [1.165, 1.54) is 13.1 Å². The zero-order valence-corrected chi connectivity index (χ0v) is 18.6. The summed E-state index contributed by atoms with van der Waals surface area (Å²) >= 11 is 5.90. The summed E-state index contributed by atoms with van der Waals surface area (Å²) in [5.41, 5.74) is 0.843. The van der Waals surface area contributed by atoms with Gasteiger partial charge in [0.25, 0.3) is 5.91 Å². The largest absolute Gasteiger partial charge is 0.357 e. The zero-order valence-electron chi connectivity index (χ0n) is 17.8. The number of aromatic nitrogens is 2. The number of hydrogen-bond acceptors (Lipinski definition) is 3. The summed E-state index contributed by atoms with van der Waals surface area (Å²) in [5, 5.41) is 5.75. The molecule has 1 aliphatic rings. The molecule has 2 heterocycles. The van der Waals surface area contributed by atoms with Crippen LogP contribution in [0.5, 0.6) is 0 Å². The first-order valence-corrected chi connectivity index (χ1v) is 10.6. The molecule has 30 heavy (non-hydrogen) atoms. The highest BCUT2D eigenvalue weighted by molar-refractivity contribution is 6.30. The van der Waals surface area contributed by atoms with Crippen LogP contribution >= 0.6 is 11.6 Å². The highest BCUT2D eigenvalue weighted by atomic mass is 35.5. The van der Waals surface area contributed by atoms with Gasteiger partial charge in [-0.25, -0.2) is 9.37 Å². The summed E-state index contributed by atoms with van der Waals surface area (Å²) in [6, 6.07) is 3.71. The van der Waals surface area contributed by atoms with Crippen LogP contribution in [0.15, 0.2) is 18.2 Å². The molecule has 0 fully saturated rings. The van der Waals surface area contributed by atoms with E-state index >= 15 is 0 Å². The summed E-state index contributed by atoms with van der Waals surface area (Å²) in [6.07, 6.45) is 3.54. The van der Waals surface area contributed by atoms with Crippen LogP contribution in [0.3, 0.4) is 0 Å². The minimum atomic E-state index is -0.728. The second kappa shape index (κ2) is 8.76. The van der Waals surface area contributed by atoms with Crippen molar-refractivity contribution in [1.29, 1.82) is 0 Å². The maximum atomic E-state index is 14.6. The molecule has 2 N–H and O–H groups in total. The number of nitrogens with one attached hydrogen (secondary N) is 2. The molecule has 3 rings (SSSR count). The summed E-state index contributed by atoms with van der Waals surface area (Å²) in [4.78, 5) is 30.1. The van der Waals surface area contributed by atoms with Gasteiger partial charge in [-0.3, -0.25) is 9.59 Å². The van der Waals surface area contributed by atoms with Crippen molar-refractivity contribution < 1.29 is 14.0 Å². The van der Waals surface area contributed by atoms with Gasteiger partial charge < -0.3 is 15.2 Å². The number of carbonyl (C=O) groups is 2. The van der Waals surface area contributed by atoms with Crippen molar-refractivity contribution in [2.24, 2.45) is 5.41 Å². The van der Waals surface area contributed by atoms with Crippen LogP contribution in [0.2, 0.25) is 5.02 Å². The second-order valence-electron chi connectivity index (χ2n) is 8.70. The van der Waals surface area contributed by atoms with Gasteiger partial charge in [0.05, 0.1) is 11.3 Å². The molecule has 0 aliphatic carbocycles. The maximum absolute atomic E-state index is 14.6. The molecule has 1 atom stereocenters. The lowest BCUT2D eigenvalue weighted by molar-refractivity contribution is -0.124. The molecule has 0 saturated heterocycles. The van der Waals surface area contributed by atoms with Crippen molar-refractivity contribution in [3.63, 3.8) is 0 Å². The Balaban J connectivity index is 2.05. The standard InChI is InChI=1S/C22H28ClFN4O2/c1-22(2,3)18(21(30)25-4)27-20(29)17-16-8-6-5-7-11-28(16)19(26-17)14-10-9-13(23)12-15(14)24/h9-10,12,18H,5-8,11H2,1-4H3,(H,25,30)(H,27,29)/t18-/m1/s1. The molecule has 0 saturated carbocycles. The summed E-state index contributed by atoms with van der Waals surface area (Å²) in [7, 11) is 1.54. The van der Waals surface area contributed by atoms with Crippen LogP contribution < -0.4 is 10.6 Å². The van der Waals surface area contributed by atoms with Gasteiger partial charge in [0.2, 0.25) is 5.91 Å². The number of benzene rings is 1. The first-order valence-electron chi connectivity index (χ1n) is 10.2. The molecule has 2 aromatic rings. The van der Waals surface area contributed by atoms with Gasteiger partial charge in [0.15, 0.2) is 0 Å². The number of halogens is 2. The lowest BCUT2D eigenvalue weighted by Gasteiger charge is -2.29. The van der Waals surface area contributed by atoms with Gasteiger partial charge in [-0.1, -0.05) is 38.8 Å². The molecule has 0 radical (unpaired) electrons. The molecule has 1 aliphatic heterocycles. The van der Waals surface area contributed by atoms with E-state index in [4.69, 9.17) is 11.6 Å². The van der Waals surface area contributed by atoms with E-state index in [9.17, 15) is 14.0 Å². The average Bonchev–Trinajstić information content (AvgIpc) is 2.85. The predicted octanol–water partition coefficient (Wildman–Crippen LogP) is 3.96. The second-order valence-corrected chi connectivity index (χ2v) is 9.14. The maximum Gasteiger partial charge on any atom is 0.272 e. The Kier molecular flexibility index (Phi) is 6.50. The summed E-state index contributed by atoms with van der Waals surface area (Å²) in [6.45, 7) is 6.31. The topological polar surface area (TPSA) is 76.0 Å². The monoisotopic (exact) mass is 434 g/mol. The zero-order chi connectivity index (χ0) is 22.1. The van der Waals surface area contributed by atoms with Gasteiger partial charge in [-0.2, -0.15) is 0 Å². The van der Waals surface area contributed by atoms with Crippen LogP contribution in [0.1, 0.15) is 56.2 Å². The third-order valence-corrected chi connectivity index (χ3v) is 5.64. The molecule has 162 valence electrons. The van der Waals surface area contributed by atoms with Crippen LogP contribution in [-0.4, -0.2) is 34.5 Å². The number of likely N-dealkylation sites (N-methyl/N-ethyl adjacent to an activating group) is 1. The Morgan fingerprint density at radius 3 is 2.60 bits per heavy atom. The smallest absolute Gasteiger partial charge is 0.272 e. The first kappa shape index (κ1) is 22.3. The minimum absolute atomic E-state index is 0.249. The Morgan fingerprint density at radius 1 is 1.23 bits per heavy atom. The van der Waals surface area contributed by atoms with E-state index in [1.807, 2.05) is 25.3 Å². The number of hydrogen-bond donors (Lipinski definition) is 2. The van der Waals surface area contributed by atoms with Gasteiger partial charge in [0, 0.05) is 18.6 Å².